The molecule has 2 aromatic rings. The zero-order valence-corrected chi connectivity index (χ0v) is 20.7. The van der Waals surface area contributed by atoms with Gasteiger partial charge in [-0.3, -0.25) is 4.68 Å². The first kappa shape index (κ1) is 26.8. The van der Waals surface area contributed by atoms with Crippen LogP contribution in [0.25, 0.3) is 0 Å². The van der Waals surface area contributed by atoms with E-state index in [1.165, 1.54) is 6.07 Å². The third-order valence-electron chi connectivity index (χ3n) is 6.59. The highest BCUT2D eigenvalue weighted by atomic mass is 19.1. The monoisotopic (exact) mass is 510 g/mol. The molecular formula is C25H35FN2O8. The maximum absolute atomic E-state index is 14.9. The highest BCUT2D eigenvalue weighted by Crippen LogP contribution is 2.31. The average Bonchev–Trinajstić information content (AvgIpc) is 3.17. The van der Waals surface area contributed by atoms with Crippen LogP contribution in [-0.2, 0) is 15.9 Å². The summed E-state index contributed by atoms with van der Waals surface area (Å²) in [6, 6.07) is 4.76. The molecule has 2 saturated heterocycles. The van der Waals surface area contributed by atoms with Crippen LogP contribution in [0.3, 0.4) is 0 Å². The van der Waals surface area contributed by atoms with E-state index in [1.54, 1.807) is 16.8 Å². The minimum atomic E-state index is -1.58. The van der Waals surface area contributed by atoms with E-state index in [1.807, 2.05) is 20.8 Å². The van der Waals surface area contributed by atoms with Gasteiger partial charge in [0.05, 0.1) is 13.2 Å². The second-order valence-electron chi connectivity index (χ2n) is 9.62. The van der Waals surface area contributed by atoms with Crippen LogP contribution in [0.15, 0.2) is 18.2 Å². The molecule has 2 fully saturated rings. The summed E-state index contributed by atoms with van der Waals surface area (Å²) in [4.78, 5) is 0. The number of rotatable bonds is 8. The molecule has 3 heterocycles. The molecule has 200 valence electrons. The maximum Gasteiger partial charge on any atom is 0.239 e. The summed E-state index contributed by atoms with van der Waals surface area (Å²) < 4.78 is 39.2. The third-order valence-corrected chi connectivity index (χ3v) is 6.59. The van der Waals surface area contributed by atoms with Gasteiger partial charge in [-0.2, -0.15) is 0 Å². The van der Waals surface area contributed by atoms with Crippen molar-refractivity contribution >= 4 is 0 Å². The van der Waals surface area contributed by atoms with Crippen molar-refractivity contribution in [1.82, 2.24) is 9.78 Å². The summed E-state index contributed by atoms with van der Waals surface area (Å²) in [7, 11) is 0. The molecule has 0 bridgehead atoms. The molecule has 0 spiro atoms. The quantitative estimate of drug-likeness (QED) is 0.414. The van der Waals surface area contributed by atoms with Crippen LogP contribution in [0.5, 0.6) is 11.6 Å². The summed E-state index contributed by atoms with van der Waals surface area (Å²) in [5.41, 5.74) is 2.09. The first-order valence-corrected chi connectivity index (χ1v) is 12.3. The first-order valence-electron chi connectivity index (χ1n) is 12.3. The van der Waals surface area contributed by atoms with E-state index >= 15 is 0 Å². The molecule has 0 radical (unpaired) electrons. The van der Waals surface area contributed by atoms with E-state index in [4.69, 9.17) is 18.9 Å². The van der Waals surface area contributed by atoms with E-state index in [2.05, 4.69) is 5.10 Å². The molecule has 1 aromatic carbocycles. The van der Waals surface area contributed by atoms with Crippen molar-refractivity contribution in [2.45, 2.75) is 82.9 Å². The third kappa shape index (κ3) is 5.66. The van der Waals surface area contributed by atoms with Crippen LogP contribution in [0, 0.1) is 12.7 Å². The lowest BCUT2D eigenvalue weighted by molar-refractivity contribution is -0.278. The lowest BCUT2D eigenvalue weighted by Crippen LogP contribution is -2.60. The van der Waals surface area contributed by atoms with E-state index < -0.39 is 43.1 Å². The summed E-state index contributed by atoms with van der Waals surface area (Å²) in [5.74, 6) is -0.171. The largest absolute Gasteiger partial charge is 0.485 e. The number of nitrogens with zero attached hydrogens (tertiary/aromatic N) is 2. The predicted molar refractivity (Wildman–Crippen MR) is 125 cm³/mol. The fourth-order valence-corrected chi connectivity index (χ4v) is 4.54. The van der Waals surface area contributed by atoms with Gasteiger partial charge in [-0.25, -0.2) is 4.39 Å². The fourth-order valence-electron chi connectivity index (χ4n) is 4.54. The molecule has 0 amide bonds. The predicted octanol–water partition coefficient (Wildman–Crippen LogP) is 1.24. The van der Waals surface area contributed by atoms with Crippen molar-refractivity contribution in [2.75, 3.05) is 19.8 Å². The zero-order chi connectivity index (χ0) is 26.0. The van der Waals surface area contributed by atoms with Crippen LogP contribution in [0.4, 0.5) is 4.39 Å². The molecule has 4 rings (SSSR count). The first-order chi connectivity index (χ1) is 17.2. The Morgan fingerprint density at radius 2 is 1.94 bits per heavy atom. The van der Waals surface area contributed by atoms with Crippen molar-refractivity contribution in [3.63, 3.8) is 0 Å². The molecule has 11 heteroatoms. The lowest BCUT2D eigenvalue weighted by atomic mass is 9.99. The Morgan fingerprint density at radius 3 is 2.58 bits per heavy atom. The molecule has 1 aromatic heterocycles. The Morgan fingerprint density at radius 1 is 1.17 bits per heavy atom. The van der Waals surface area contributed by atoms with Gasteiger partial charge < -0.3 is 39.4 Å². The number of aromatic nitrogens is 2. The van der Waals surface area contributed by atoms with Crippen LogP contribution >= 0.6 is 0 Å². The van der Waals surface area contributed by atoms with Gasteiger partial charge in [0.25, 0.3) is 0 Å². The van der Waals surface area contributed by atoms with E-state index in [0.717, 1.165) is 18.5 Å². The number of hydrogen-bond donors (Lipinski definition) is 4. The summed E-state index contributed by atoms with van der Waals surface area (Å²) >= 11 is 0. The molecule has 0 aliphatic carbocycles. The van der Waals surface area contributed by atoms with Gasteiger partial charge in [0.1, 0.15) is 30.5 Å². The minimum absolute atomic E-state index is 0.0128. The smallest absolute Gasteiger partial charge is 0.239 e. The Hall–Kier alpha value is -2.28. The SMILES string of the molecule is Cc1c(Cc2ccc(OC3CCCOC3)c(F)c2)c(O[C@@H]2O[C@H](CO)[C@@H](O)[C@H](O)[C@H]2O)nn1C(C)C. The van der Waals surface area contributed by atoms with Crippen molar-refractivity contribution in [2.24, 2.45) is 0 Å². The molecule has 2 aliphatic heterocycles. The topological polar surface area (TPSA) is 136 Å². The van der Waals surface area contributed by atoms with Crippen molar-refractivity contribution in [1.29, 1.82) is 0 Å². The van der Waals surface area contributed by atoms with E-state index in [-0.39, 0.29) is 30.2 Å². The Bertz CT molecular complexity index is 1020. The molecule has 4 N–H and O–H groups in total. The van der Waals surface area contributed by atoms with Gasteiger partial charge in [0.2, 0.25) is 12.2 Å². The lowest BCUT2D eigenvalue weighted by Gasteiger charge is -2.39. The van der Waals surface area contributed by atoms with Gasteiger partial charge >= 0.3 is 0 Å². The number of hydrogen-bond acceptors (Lipinski definition) is 9. The van der Waals surface area contributed by atoms with Gasteiger partial charge in [-0.05, 0) is 51.3 Å². The van der Waals surface area contributed by atoms with Gasteiger partial charge in [0.15, 0.2) is 11.6 Å². The number of aliphatic hydroxyl groups excluding tert-OH is 4. The van der Waals surface area contributed by atoms with Gasteiger partial charge in [0, 0.05) is 30.3 Å². The zero-order valence-electron chi connectivity index (χ0n) is 20.7. The van der Waals surface area contributed by atoms with Crippen molar-refractivity contribution in [3.05, 3.63) is 40.8 Å². The molecule has 36 heavy (non-hydrogen) atoms. The maximum atomic E-state index is 14.9. The number of halogens is 1. The number of aliphatic hydroxyl groups is 4. The van der Waals surface area contributed by atoms with E-state index in [0.29, 0.717) is 24.3 Å². The average molecular weight is 511 g/mol. The molecule has 1 unspecified atom stereocenters. The number of benzene rings is 1. The van der Waals surface area contributed by atoms with Crippen LogP contribution in [0.2, 0.25) is 0 Å². The highest BCUT2D eigenvalue weighted by Gasteiger charge is 2.45. The Balaban J connectivity index is 1.56. The van der Waals surface area contributed by atoms with Crippen molar-refractivity contribution in [3.8, 4) is 11.6 Å². The summed E-state index contributed by atoms with van der Waals surface area (Å²) in [5, 5.41) is 44.5. The van der Waals surface area contributed by atoms with Gasteiger partial charge in [-0.1, -0.05) is 6.07 Å². The summed E-state index contributed by atoms with van der Waals surface area (Å²) in [6.07, 6.45) is -5.34. The minimum Gasteiger partial charge on any atom is -0.485 e. The highest BCUT2D eigenvalue weighted by molar-refractivity contribution is 5.39. The van der Waals surface area contributed by atoms with Crippen LogP contribution in [-0.4, -0.2) is 86.8 Å². The molecule has 0 saturated carbocycles. The second-order valence-corrected chi connectivity index (χ2v) is 9.62. The Labute approximate surface area is 209 Å². The van der Waals surface area contributed by atoms with Crippen LogP contribution in [0.1, 0.15) is 49.6 Å². The molecule has 6 atom stereocenters. The number of ether oxygens (including phenoxy) is 4. The van der Waals surface area contributed by atoms with Crippen molar-refractivity contribution < 1.29 is 43.8 Å². The standard InChI is InChI=1S/C25H35FN2O8/c1-13(2)28-14(3)17(24(27-28)36-25-23(32)22(31)21(30)20(11-29)35-25)9-15-6-7-19(18(26)10-15)34-16-5-4-8-33-12-16/h6-7,10,13,16,20-23,25,29-32H,4-5,8-9,11-12H2,1-3H3/t16?,20-,21-,22+,23-,25+/m1/s1. The van der Waals surface area contributed by atoms with Gasteiger partial charge in [-0.15, -0.1) is 5.10 Å². The summed E-state index contributed by atoms with van der Waals surface area (Å²) in [6.45, 7) is 6.31. The normalized spacial score (nSPS) is 28.9. The fraction of sp³-hybridized carbons (Fsp3) is 0.640. The molecular weight excluding hydrogens is 475 g/mol. The molecule has 2 aliphatic rings. The Kier molecular flexibility index (Phi) is 8.48. The molecule has 10 nitrogen and oxygen atoms in total. The van der Waals surface area contributed by atoms with E-state index in [9.17, 15) is 24.8 Å². The second kappa shape index (κ2) is 11.4. The van der Waals surface area contributed by atoms with Crippen LogP contribution < -0.4 is 9.47 Å².